The molecule has 106 valence electrons. The van der Waals surface area contributed by atoms with E-state index in [9.17, 15) is 0 Å². The van der Waals surface area contributed by atoms with Crippen molar-refractivity contribution >= 4 is 28.6 Å². The van der Waals surface area contributed by atoms with E-state index in [4.69, 9.17) is 4.74 Å². The van der Waals surface area contributed by atoms with Crippen LogP contribution in [-0.4, -0.2) is 21.4 Å². The summed E-state index contributed by atoms with van der Waals surface area (Å²) in [6, 6.07) is 2.66. The number of allylic oxidation sites excluding steroid dienone is 1. The normalized spacial score (nSPS) is 18.4. The average Bonchev–Trinajstić information content (AvgIpc) is 3.11. The molecular weight excluding hydrogens is 290 g/mol. The van der Waals surface area contributed by atoms with Crippen LogP contribution >= 0.6 is 23.1 Å². The van der Waals surface area contributed by atoms with Gasteiger partial charge in [-0.05, 0) is 42.2 Å². The molecule has 4 nitrogen and oxygen atoms in total. The van der Waals surface area contributed by atoms with Crippen molar-refractivity contribution in [3.63, 3.8) is 0 Å². The molecule has 6 heteroatoms. The van der Waals surface area contributed by atoms with Crippen molar-refractivity contribution in [1.29, 1.82) is 0 Å². The second-order valence-electron chi connectivity index (χ2n) is 4.92. The molecule has 0 saturated heterocycles. The van der Waals surface area contributed by atoms with Gasteiger partial charge < -0.3 is 10.1 Å². The van der Waals surface area contributed by atoms with Gasteiger partial charge in [0, 0.05) is 24.2 Å². The molecule has 3 rings (SSSR count). The minimum Gasteiger partial charge on any atom is -0.475 e. The van der Waals surface area contributed by atoms with Gasteiger partial charge in [-0.3, -0.25) is 0 Å². The van der Waals surface area contributed by atoms with Crippen molar-refractivity contribution in [3.8, 4) is 5.88 Å². The van der Waals surface area contributed by atoms with Crippen LogP contribution in [0.1, 0.15) is 31.0 Å². The van der Waals surface area contributed by atoms with Crippen LogP contribution in [0.3, 0.4) is 0 Å². The monoisotopic (exact) mass is 307 g/mol. The zero-order valence-electron chi connectivity index (χ0n) is 11.3. The summed E-state index contributed by atoms with van der Waals surface area (Å²) in [6.07, 6.45) is 5.11. The van der Waals surface area contributed by atoms with E-state index in [1.165, 1.54) is 22.9 Å². The van der Waals surface area contributed by atoms with Gasteiger partial charge >= 0.3 is 0 Å². The van der Waals surface area contributed by atoms with E-state index in [1.807, 2.05) is 0 Å². The van der Waals surface area contributed by atoms with Gasteiger partial charge in [0.15, 0.2) is 0 Å². The summed E-state index contributed by atoms with van der Waals surface area (Å²) >= 11 is 2.93. The van der Waals surface area contributed by atoms with Gasteiger partial charge in [0.2, 0.25) is 0 Å². The molecule has 0 radical (unpaired) electrons. The number of thiophene rings is 1. The molecule has 1 unspecified atom stereocenters. The highest BCUT2D eigenvalue weighted by atomic mass is 32.1. The highest BCUT2D eigenvalue weighted by molar-refractivity contribution is 7.07. The Hall–Kier alpha value is -1.40. The lowest BCUT2D eigenvalue weighted by molar-refractivity contribution is 0.311. The molecule has 2 aromatic heterocycles. The molecule has 0 saturated carbocycles. The van der Waals surface area contributed by atoms with Gasteiger partial charge in [-0.1, -0.05) is 0 Å². The Morgan fingerprint density at radius 3 is 3.15 bits per heavy atom. The first-order valence-corrected chi connectivity index (χ1v) is 8.42. The number of hydrogen-bond acceptors (Lipinski definition) is 6. The lowest BCUT2D eigenvalue weighted by Crippen LogP contribution is -2.24. The predicted octanol–water partition coefficient (Wildman–Crippen LogP) is 3.33. The molecule has 0 amide bonds. The lowest BCUT2D eigenvalue weighted by Gasteiger charge is -2.19. The Morgan fingerprint density at radius 2 is 2.40 bits per heavy atom. The average molecular weight is 307 g/mol. The number of rotatable bonds is 5. The number of ether oxygens (including phenoxy) is 1. The van der Waals surface area contributed by atoms with Crippen LogP contribution in [0.2, 0.25) is 0 Å². The third kappa shape index (κ3) is 3.19. The molecule has 0 bridgehead atoms. The summed E-state index contributed by atoms with van der Waals surface area (Å²) in [4.78, 5) is 0. The molecule has 1 atom stereocenters. The lowest BCUT2D eigenvalue weighted by atomic mass is 10.0. The quantitative estimate of drug-likeness (QED) is 0.920. The van der Waals surface area contributed by atoms with Gasteiger partial charge in [0.1, 0.15) is 5.69 Å². The van der Waals surface area contributed by atoms with Crippen molar-refractivity contribution in [2.45, 2.75) is 32.2 Å². The fourth-order valence-electron chi connectivity index (χ4n) is 2.13. The summed E-state index contributed by atoms with van der Waals surface area (Å²) in [5, 5.41) is 7.59. The van der Waals surface area contributed by atoms with Crippen molar-refractivity contribution < 1.29 is 4.74 Å². The molecule has 0 spiro atoms. The van der Waals surface area contributed by atoms with E-state index < -0.39 is 0 Å². The van der Waals surface area contributed by atoms with Gasteiger partial charge in [-0.15, -0.1) is 4.37 Å². The smallest absolute Gasteiger partial charge is 0.253 e. The minimum absolute atomic E-state index is 0.535. The number of aromatic nitrogens is 2. The molecule has 20 heavy (non-hydrogen) atoms. The van der Waals surface area contributed by atoms with Crippen LogP contribution in [0.25, 0.3) is 5.57 Å². The minimum atomic E-state index is 0.535. The van der Waals surface area contributed by atoms with E-state index in [1.54, 1.807) is 11.3 Å². The third-order valence-electron chi connectivity index (χ3n) is 3.36. The number of nitrogens with zero attached hydrogens (tertiary/aromatic N) is 2. The van der Waals surface area contributed by atoms with Gasteiger partial charge in [-0.25, -0.2) is 0 Å². The standard InChI is InChI=1S/C14H17N3OS2/c1-10-2-3-12(8-15-10)13-14(17-20-16-13)18-6-4-11-5-7-19-9-11/h5,7-10,15H,2-4,6H2,1H3. The van der Waals surface area contributed by atoms with Crippen molar-refractivity contribution in [2.75, 3.05) is 6.61 Å². The zero-order chi connectivity index (χ0) is 13.8. The maximum absolute atomic E-state index is 5.80. The molecule has 1 aliphatic heterocycles. The summed E-state index contributed by atoms with van der Waals surface area (Å²) in [5.41, 5.74) is 3.41. The van der Waals surface area contributed by atoms with E-state index in [0.29, 0.717) is 18.5 Å². The molecular formula is C14H17N3OS2. The van der Waals surface area contributed by atoms with Crippen molar-refractivity contribution in [2.24, 2.45) is 0 Å². The van der Waals surface area contributed by atoms with Crippen molar-refractivity contribution in [3.05, 3.63) is 34.3 Å². The van der Waals surface area contributed by atoms with Crippen molar-refractivity contribution in [1.82, 2.24) is 14.1 Å². The Kier molecular flexibility index (Phi) is 4.32. The summed E-state index contributed by atoms with van der Waals surface area (Å²) in [7, 11) is 0. The summed E-state index contributed by atoms with van der Waals surface area (Å²) in [6.45, 7) is 2.83. The van der Waals surface area contributed by atoms with E-state index in [2.05, 4.69) is 44.0 Å². The Morgan fingerprint density at radius 1 is 1.45 bits per heavy atom. The van der Waals surface area contributed by atoms with E-state index >= 15 is 0 Å². The first kappa shape index (κ1) is 13.6. The fourth-order valence-corrected chi connectivity index (χ4v) is 3.36. The highest BCUT2D eigenvalue weighted by Crippen LogP contribution is 2.29. The summed E-state index contributed by atoms with van der Waals surface area (Å²) in [5.74, 6) is 0.674. The van der Waals surface area contributed by atoms with Gasteiger partial charge in [-0.2, -0.15) is 15.7 Å². The molecule has 1 N–H and O–H groups in total. The molecule has 0 fully saturated rings. The summed E-state index contributed by atoms with van der Waals surface area (Å²) < 4.78 is 14.5. The first-order valence-electron chi connectivity index (χ1n) is 6.75. The van der Waals surface area contributed by atoms with E-state index in [0.717, 1.165) is 25.0 Å². The molecule has 0 aromatic carbocycles. The number of hydrogen-bond donors (Lipinski definition) is 1. The topological polar surface area (TPSA) is 47.0 Å². The fraction of sp³-hybridized carbons (Fsp3) is 0.429. The highest BCUT2D eigenvalue weighted by Gasteiger charge is 2.18. The molecule has 0 aliphatic carbocycles. The predicted molar refractivity (Wildman–Crippen MR) is 83.2 cm³/mol. The largest absolute Gasteiger partial charge is 0.475 e. The van der Waals surface area contributed by atoms with Gasteiger partial charge in [0.05, 0.1) is 18.3 Å². The second kappa shape index (κ2) is 6.37. The Labute approximate surface area is 126 Å². The van der Waals surface area contributed by atoms with Crippen LogP contribution in [0, 0.1) is 0 Å². The second-order valence-corrected chi connectivity index (χ2v) is 6.23. The molecule has 3 heterocycles. The van der Waals surface area contributed by atoms with Gasteiger partial charge in [0.25, 0.3) is 5.88 Å². The number of nitrogens with one attached hydrogen (secondary N) is 1. The maximum Gasteiger partial charge on any atom is 0.253 e. The van der Waals surface area contributed by atoms with Crippen LogP contribution in [-0.2, 0) is 6.42 Å². The molecule has 2 aromatic rings. The third-order valence-corrected chi connectivity index (χ3v) is 4.60. The van der Waals surface area contributed by atoms with E-state index in [-0.39, 0.29) is 0 Å². The maximum atomic E-state index is 5.80. The Balaban J connectivity index is 1.62. The van der Waals surface area contributed by atoms with Crippen LogP contribution < -0.4 is 10.1 Å². The molecule has 1 aliphatic rings. The first-order chi connectivity index (χ1) is 9.83. The van der Waals surface area contributed by atoms with Crippen LogP contribution in [0.4, 0.5) is 0 Å². The van der Waals surface area contributed by atoms with Crippen LogP contribution in [0.15, 0.2) is 23.0 Å². The Bertz CT molecular complexity index is 577. The van der Waals surface area contributed by atoms with Crippen LogP contribution in [0.5, 0.6) is 5.88 Å². The zero-order valence-corrected chi connectivity index (χ0v) is 13.0. The SMILES string of the molecule is CC1CCC(c2nsnc2OCCc2ccsc2)=CN1.